The summed E-state index contributed by atoms with van der Waals surface area (Å²) in [4.78, 5) is 22.6. The topological polar surface area (TPSA) is 139 Å². The van der Waals surface area contributed by atoms with Crippen molar-refractivity contribution in [1.29, 1.82) is 0 Å². The van der Waals surface area contributed by atoms with Crippen LogP contribution in [0.4, 0.5) is 9.59 Å². The first-order chi connectivity index (χ1) is 16.2. The van der Waals surface area contributed by atoms with Crippen LogP contribution >= 0.6 is 0 Å². The maximum Gasteiger partial charge on any atom is 0.503 e. The van der Waals surface area contributed by atoms with E-state index in [9.17, 15) is 13.2 Å². The zero-order chi connectivity index (χ0) is 24.7. The number of rotatable bonds is 6. The van der Waals surface area contributed by atoms with E-state index in [0.29, 0.717) is 32.7 Å². The number of nitrogens with one attached hydrogen (secondary N) is 2. The Morgan fingerprint density at radius 3 is 2.03 bits per heavy atom. The predicted octanol–water partition coefficient (Wildman–Crippen LogP) is 2.37. The highest BCUT2D eigenvalue weighted by molar-refractivity contribution is 7.87. The Kier molecular flexibility index (Phi) is 8.48. The Hall–Kier alpha value is -3.15. The lowest BCUT2D eigenvalue weighted by Crippen LogP contribution is -2.55. The molecule has 1 heterocycles. The third-order valence-corrected chi connectivity index (χ3v) is 7.62. The molecule has 2 aromatic carbocycles. The van der Waals surface area contributed by atoms with Gasteiger partial charge >= 0.3 is 12.2 Å². The Morgan fingerprint density at radius 2 is 1.47 bits per heavy atom. The van der Waals surface area contributed by atoms with Crippen LogP contribution in [-0.4, -0.2) is 72.2 Å². The molecular formula is C23H30N4O6S. The van der Waals surface area contributed by atoms with E-state index in [-0.39, 0.29) is 23.9 Å². The second-order valence-corrected chi connectivity index (χ2v) is 9.96. The molecule has 2 aromatic rings. The maximum absolute atomic E-state index is 12.8. The molecule has 0 aromatic heterocycles. The quantitative estimate of drug-likeness (QED) is 0.490. The van der Waals surface area contributed by atoms with Gasteiger partial charge in [-0.15, -0.1) is 0 Å². The Labute approximate surface area is 199 Å². The molecule has 1 saturated heterocycles. The number of amides is 2. The summed E-state index contributed by atoms with van der Waals surface area (Å²) in [6, 6.07) is 19.5. The number of hydrogen-bond acceptors (Lipinski definition) is 4. The van der Waals surface area contributed by atoms with Crippen LogP contribution < -0.4 is 10.0 Å². The molecule has 184 valence electrons. The lowest BCUT2D eigenvalue weighted by atomic mass is 10.1. The van der Waals surface area contributed by atoms with Gasteiger partial charge in [0.25, 0.3) is 10.2 Å². The van der Waals surface area contributed by atoms with Gasteiger partial charge in [0.1, 0.15) is 0 Å². The molecule has 2 amide bonds. The van der Waals surface area contributed by atoms with E-state index in [4.69, 9.17) is 15.0 Å². The van der Waals surface area contributed by atoms with E-state index in [0.717, 1.165) is 11.1 Å². The van der Waals surface area contributed by atoms with Crippen LogP contribution in [0, 0.1) is 5.92 Å². The first-order valence-corrected chi connectivity index (χ1v) is 12.4. The number of carbonyl (C=O) groups is 2. The fourth-order valence-electron chi connectivity index (χ4n) is 4.09. The van der Waals surface area contributed by atoms with Gasteiger partial charge in [-0.25, -0.2) is 9.59 Å². The first kappa shape index (κ1) is 25.5. The SMILES string of the molecule is C[C@H]1[C@H](NS(=O)(=O)N2CCN(C(=O)NCc3ccccc3)CC2)[C@H]1c1ccccc1.O=C(O)O. The second kappa shape index (κ2) is 11.3. The molecule has 0 spiro atoms. The highest BCUT2D eigenvalue weighted by atomic mass is 32.2. The summed E-state index contributed by atoms with van der Waals surface area (Å²) in [5.74, 6) is 0.484. The summed E-state index contributed by atoms with van der Waals surface area (Å²) in [5, 5.41) is 16.8. The van der Waals surface area contributed by atoms with Crippen molar-refractivity contribution < 1.29 is 28.2 Å². The van der Waals surface area contributed by atoms with E-state index < -0.39 is 16.4 Å². The average Bonchev–Trinajstić information content (AvgIpc) is 3.45. The molecule has 1 aliphatic heterocycles. The molecule has 10 nitrogen and oxygen atoms in total. The summed E-state index contributed by atoms with van der Waals surface area (Å²) in [6.45, 7) is 3.88. The average molecular weight is 491 g/mol. The fourth-order valence-corrected chi connectivity index (χ4v) is 5.59. The number of hydrogen-bond donors (Lipinski definition) is 4. The van der Waals surface area contributed by atoms with Gasteiger partial charge in [-0.1, -0.05) is 67.6 Å². The van der Waals surface area contributed by atoms with Crippen LogP contribution in [-0.2, 0) is 16.8 Å². The normalized spacial score (nSPS) is 22.3. The zero-order valence-corrected chi connectivity index (χ0v) is 19.7. The number of benzene rings is 2. The van der Waals surface area contributed by atoms with Gasteiger partial charge in [0, 0.05) is 44.7 Å². The molecule has 3 atom stereocenters. The number of nitrogens with zero attached hydrogens (tertiary/aromatic N) is 2. The molecule has 11 heteroatoms. The van der Waals surface area contributed by atoms with Crippen LogP contribution in [0.5, 0.6) is 0 Å². The van der Waals surface area contributed by atoms with Gasteiger partial charge < -0.3 is 20.4 Å². The lowest BCUT2D eigenvalue weighted by Gasteiger charge is -2.34. The maximum atomic E-state index is 12.8. The Bertz CT molecular complexity index is 1060. The number of piperazine rings is 1. The van der Waals surface area contributed by atoms with Crippen molar-refractivity contribution in [3.8, 4) is 0 Å². The van der Waals surface area contributed by atoms with Crippen molar-refractivity contribution in [3.63, 3.8) is 0 Å². The van der Waals surface area contributed by atoms with E-state index >= 15 is 0 Å². The van der Waals surface area contributed by atoms with Crippen molar-refractivity contribution in [2.75, 3.05) is 26.2 Å². The van der Waals surface area contributed by atoms with Gasteiger partial charge in [-0.3, -0.25) is 0 Å². The van der Waals surface area contributed by atoms with Crippen LogP contribution in [0.25, 0.3) is 0 Å². The van der Waals surface area contributed by atoms with Crippen molar-refractivity contribution in [3.05, 3.63) is 71.8 Å². The van der Waals surface area contributed by atoms with Crippen LogP contribution in [0.15, 0.2) is 60.7 Å². The molecule has 0 unspecified atom stereocenters. The standard InChI is InChI=1S/C22H28N4O3S.CH2O3/c1-17-20(19-10-6-3-7-11-19)21(17)24-30(28,29)26-14-12-25(13-15-26)22(27)23-16-18-8-4-2-5-9-18;2-1(3)4/h2-11,17,20-21,24H,12-16H2,1H3,(H,23,27);(H2,2,3,4)/t17-,20-,21+;/m1./s1. The molecular weight excluding hydrogens is 460 g/mol. The van der Waals surface area contributed by atoms with Crippen LogP contribution in [0.3, 0.4) is 0 Å². The molecule has 2 aliphatic rings. The predicted molar refractivity (Wildman–Crippen MR) is 127 cm³/mol. The molecule has 2 fully saturated rings. The molecule has 0 bridgehead atoms. The molecule has 1 aliphatic carbocycles. The molecule has 1 saturated carbocycles. The van der Waals surface area contributed by atoms with Gasteiger partial charge in [0.15, 0.2) is 0 Å². The summed E-state index contributed by atoms with van der Waals surface area (Å²) >= 11 is 0. The zero-order valence-electron chi connectivity index (χ0n) is 18.9. The summed E-state index contributed by atoms with van der Waals surface area (Å²) in [7, 11) is -3.57. The van der Waals surface area contributed by atoms with Crippen LogP contribution in [0.2, 0.25) is 0 Å². The minimum atomic E-state index is -3.57. The van der Waals surface area contributed by atoms with Gasteiger partial charge in [-0.2, -0.15) is 17.4 Å². The van der Waals surface area contributed by atoms with E-state index in [1.165, 1.54) is 4.31 Å². The molecule has 34 heavy (non-hydrogen) atoms. The van der Waals surface area contributed by atoms with Gasteiger partial charge in [0.05, 0.1) is 0 Å². The highest BCUT2D eigenvalue weighted by Gasteiger charge is 2.50. The number of carboxylic acid groups (broad SMARTS) is 2. The first-order valence-electron chi connectivity index (χ1n) is 11.0. The monoisotopic (exact) mass is 490 g/mol. The van der Waals surface area contributed by atoms with Crippen molar-refractivity contribution in [1.82, 2.24) is 19.2 Å². The van der Waals surface area contributed by atoms with Gasteiger partial charge in [-0.05, 0) is 17.0 Å². The summed E-state index contributed by atoms with van der Waals surface area (Å²) < 4.78 is 30.0. The molecule has 4 N–H and O–H groups in total. The van der Waals surface area contributed by atoms with E-state index in [1.54, 1.807) is 4.90 Å². The van der Waals surface area contributed by atoms with E-state index in [1.807, 2.05) is 60.7 Å². The second-order valence-electron chi connectivity index (χ2n) is 8.26. The Balaban J connectivity index is 0.000000751. The minimum Gasteiger partial charge on any atom is -0.450 e. The number of urea groups is 1. The Morgan fingerprint density at radius 1 is 0.941 bits per heavy atom. The van der Waals surface area contributed by atoms with Crippen molar-refractivity contribution in [2.24, 2.45) is 5.92 Å². The lowest BCUT2D eigenvalue weighted by molar-refractivity contribution is 0.137. The summed E-state index contributed by atoms with van der Waals surface area (Å²) in [5.41, 5.74) is 2.19. The van der Waals surface area contributed by atoms with Crippen LogP contribution in [0.1, 0.15) is 24.0 Å². The van der Waals surface area contributed by atoms with Crippen molar-refractivity contribution in [2.45, 2.75) is 25.4 Å². The largest absolute Gasteiger partial charge is 0.503 e. The van der Waals surface area contributed by atoms with Crippen molar-refractivity contribution >= 4 is 22.4 Å². The third kappa shape index (κ3) is 6.92. The number of carbonyl (C=O) groups excluding carboxylic acids is 1. The third-order valence-electron chi connectivity index (χ3n) is 6.00. The molecule has 4 rings (SSSR count). The molecule has 0 radical (unpaired) electrons. The smallest absolute Gasteiger partial charge is 0.450 e. The highest BCUT2D eigenvalue weighted by Crippen LogP contribution is 2.47. The summed E-state index contributed by atoms with van der Waals surface area (Å²) in [6.07, 6.45) is -1.83. The van der Waals surface area contributed by atoms with Gasteiger partial charge in [0.2, 0.25) is 0 Å². The van der Waals surface area contributed by atoms with E-state index in [2.05, 4.69) is 17.0 Å². The fraction of sp³-hybridized carbons (Fsp3) is 0.391. The minimum absolute atomic E-state index is 0.0791.